The summed E-state index contributed by atoms with van der Waals surface area (Å²) in [5.74, 6) is 0. The summed E-state index contributed by atoms with van der Waals surface area (Å²) in [6.45, 7) is 1.96. The van der Waals surface area contributed by atoms with E-state index in [1.807, 2.05) is 6.92 Å². The van der Waals surface area contributed by atoms with Crippen LogP contribution in [0.5, 0.6) is 0 Å². The predicted octanol–water partition coefficient (Wildman–Crippen LogP) is 6.13. The fraction of sp³-hybridized carbons (Fsp3) is 0.250. The highest BCUT2D eigenvalue weighted by molar-refractivity contribution is 7.97. The minimum Gasteiger partial charge on any atom is -0.744 e. The van der Waals surface area contributed by atoms with Crippen molar-refractivity contribution in [2.24, 2.45) is 0 Å². The molecule has 4 aromatic rings. The van der Waals surface area contributed by atoms with Gasteiger partial charge in [0.2, 0.25) is 0 Å². The summed E-state index contributed by atoms with van der Waals surface area (Å²) in [6.07, 6.45) is 0.833. The van der Waals surface area contributed by atoms with E-state index in [1.165, 1.54) is 43.9 Å². The van der Waals surface area contributed by atoms with Crippen molar-refractivity contribution in [3.63, 3.8) is 0 Å². The number of hydrogen-bond acceptors (Lipinski definition) is 6. The van der Waals surface area contributed by atoms with Gasteiger partial charge in [-0.1, -0.05) is 19.1 Å². The van der Waals surface area contributed by atoms with Gasteiger partial charge >= 0.3 is 0 Å². The second kappa shape index (κ2) is 13.7. The molecule has 0 bridgehead atoms. The monoisotopic (exact) mass is 577 g/mol. The zero-order chi connectivity index (χ0) is 29.4. The molecule has 0 fully saturated rings. The number of benzene rings is 4. The fourth-order valence-electron chi connectivity index (χ4n) is 3.94. The van der Waals surface area contributed by atoms with Gasteiger partial charge in [0.25, 0.3) is 0 Å². The van der Waals surface area contributed by atoms with Crippen molar-refractivity contribution < 1.29 is 13.0 Å². The Kier molecular flexibility index (Phi) is 10.7. The summed E-state index contributed by atoms with van der Waals surface area (Å²) in [5, 5.41) is 0. The van der Waals surface area contributed by atoms with E-state index in [9.17, 15) is 13.0 Å². The Morgan fingerprint density at radius 2 is 0.850 bits per heavy atom. The van der Waals surface area contributed by atoms with Gasteiger partial charge in [-0.25, -0.2) is 8.42 Å². The van der Waals surface area contributed by atoms with E-state index < -0.39 is 10.1 Å². The number of anilines is 3. The molecule has 0 N–H and O–H groups in total. The lowest BCUT2D eigenvalue weighted by Gasteiger charge is -2.16. The summed E-state index contributed by atoms with van der Waals surface area (Å²) >= 11 is 0. The van der Waals surface area contributed by atoms with E-state index in [-0.39, 0.29) is 15.8 Å². The molecule has 0 spiro atoms. The van der Waals surface area contributed by atoms with Crippen LogP contribution in [0.25, 0.3) is 0 Å². The van der Waals surface area contributed by atoms with Crippen LogP contribution >= 0.6 is 0 Å². The molecule has 0 aliphatic carbocycles. The first-order valence-corrected chi connectivity index (χ1v) is 15.6. The van der Waals surface area contributed by atoms with E-state index in [0.29, 0.717) is 0 Å². The predicted molar refractivity (Wildman–Crippen MR) is 168 cm³/mol. The zero-order valence-corrected chi connectivity index (χ0v) is 26.0. The molecule has 0 atom stereocenters. The largest absolute Gasteiger partial charge is 0.744 e. The SMILES string of the molecule is CCc1ccc(S(=O)(=O)[O-])cc1.CN(C)c1ccc([S+](c2ccc(N(C)C)cc2)c2ccc(N(C)C)cc2)cc1. The van der Waals surface area contributed by atoms with Gasteiger partial charge in [-0.15, -0.1) is 0 Å². The molecule has 0 amide bonds. The molecule has 0 aromatic heterocycles. The van der Waals surface area contributed by atoms with Crippen molar-refractivity contribution in [1.29, 1.82) is 0 Å². The molecule has 0 aliphatic heterocycles. The van der Waals surface area contributed by atoms with E-state index in [1.54, 1.807) is 12.1 Å². The normalized spacial score (nSPS) is 11.0. The average molecular weight is 578 g/mol. The average Bonchev–Trinajstić information content (AvgIpc) is 2.94. The first-order chi connectivity index (χ1) is 18.9. The van der Waals surface area contributed by atoms with Crippen LogP contribution in [0.1, 0.15) is 12.5 Å². The van der Waals surface area contributed by atoms with Crippen molar-refractivity contribution in [3.8, 4) is 0 Å². The van der Waals surface area contributed by atoms with Crippen molar-refractivity contribution in [1.82, 2.24) is 0 Å². The molecule has 0 heterocycles. The summed E-state index contributed by atoms with van der Waals surface area (Å²) in [5.41, 5.74) is 4.68. The van der Waals surface area contributed by atoms with Crippen LogP contribution in [0.3, 0.4) is 0 Å². The van der Waals surface area contributed by atoms with Crippen LogP contribution < -0.4 is 14.7 Å². The maximum Gasteiger partial charge on any atom is 0.166 e. The van der Waals surface area contributed by atoms with Crippen LogP contribution in [0.2, 0.25) is 0 Å². The van der Waals surface area contributed by atoms with Crippen LogP contribution in [0.4, 0.5) is 17.1 Å². The Hall–Kier alpha value is -3.46. The quantitative estimate of drug-likeness (QED) is 0.185. The lowest BCUT2D eigenvalue weighted by molar-refractivity contribution is 0.463. The summed E-state index contributed by atoms with van der Waals surface area (Å²) in [4.78, 5) is 10.3. The maximum absolute atomic E-state index is 10.5. The van der Waals surface area contributed by atoms with Gasteiger partial charge in [0.05, 0.1) is 15.8 Å². The second-order valence-electron chi connectivity index (χ2n) is 9.92. The first kappa shape index (κ1) is 31.1. The van der Waals surface area contributed by atoms with Crippen molar-refractivity contribution in [2.75, 3.05) is 57.0 Å². The molecule has 0 unspecified atom stereocenters. The van der Waals surface area contributed by atoms with Crippen molar-refractivity contribution in [3.05, 3.63) is 103 Å². The lowest BCUT2D eigenvalue weighted by atomic mass is 10.2. The van der Waals surface area contributed by atoms with Gasteiger partial charge in [-0.05, 0) is 96.9 Å². The fourth-order valence-corrected chi connectivity index (χ4v) is 6.45. The molecule has 212 valence electrons. The molecule has 0 saturated carbocycles. The van der Waals surface area contributed by atoms with Gasteiger partial charge in [0.15, 0.2) is 14.7 Å². The van der Waals surface area contributed by atoms with Gasteiger partial charge < -0.3 is 19.3 Å². The number of rotatable bonds is 8. The third kappa shape index (κ3) is 8.27. The van der Waals surface area contributed by atoms with Crippen LogP contribution in [0.15, 0.2) is 117 Å². The number of nitrogens with zero attached hydrogens (tertiary/aromatic N) is 3. The summed E-state index contributed by atoms with van der Waals surface area (Å²) < 4.78 is 31.4. The molecule has 0 saturated heterocycles. The molecule has 0 radical (unpaired) electrons. The third-order valence-corrected chi connectivity index (χ3v) is 9.47. The summed E-state index contributed by atoms with van der Waals surface area (Å²) in [7, 11) is 8.06. The van der Waals surface area contributed by atoms with Crippen LogP contribution in [-0.2, 0) is 27.4 Å². The smallest absolute Gasteiger partial charge is 0.166 e. The Balaban J connectivity index is 0.000000307. The zero-order valence-electron chi connectivity index (χ0n) is 24.3. The van der Waals surface area contributed by atoms with Gasteiger partial charge in [-0.2, -0.15) is 0 Å². The molecule has 0 aliphatic rings. The highest BCUT2D eigenvalue weighted by Crippen LogP contribution is 2.34. The number of aryl methyl sites for hydroxylation is 1. The minimum absolute atomic E-state index is 0.135. The van der Waals surface area contributed by atoms with Crippen molar-refractivity contribution >= 4 is 38.1 Å². The van der Waals surface area contributed by atoms with Gasteiger partial charge in [0.1, 0.15) is 10.1 Å². The Labute approximate surface area is 243 Å². The van der Waals surface area contributed by atoms with E-state index in [4.69, 9.17) is 0 Å². The van der Waals surface area contributed by atoms with Gasteiger partial charge in [0, 0.05) is 59.3 Å². The second-order valence-corrected chi connectivity index (χ2v) is 13.3. The standard InChI is InChI=1S/C24H30N3S.C8H10O3S/c1-25(2)19-7-13-22(14-8-19)28(23-15-9-20(10-16-23)26(3)4)24-17-11-21(12-18-24)27(5)6;1-2-7-3-5-8(6-4-7)12(9,10)11/h7-18H,1-6H3;3-6H,2H2,1H3,(H,9,10,11)/q+1;/p-1. The Morgan fingerprint density at radius 3 is 1.07 bits per heavy atom. The minimum atomic E-state index is -4.28. The van der Waals surface area contributed by atoms with Crippen molar-refractivity contribution in [2.45, 2.75) is 32.9 Å². The number of hydrogen-bond donors (Lipinski definition) is 0. The Bertz CT molecular complexity index is 1330. The van der Waals surface area contributed by atoms with Crippen LogP contribution in [0, 0.1) is 0 Å². The van der Waals surface area contributed by atoms with E-state index in [0.717, 1.165) is 12.0 Å². The van der Waals surface area contributed by atoms with Crippen LogP contribution in [-0.4, -0.2) is 55.3 Å². The molecule has 40 heavy (non-hydrogen) atoms. The molecular weight excluding hydrogens is 539 g/mol. The molecule has 6 nitrogen and oxygen atoms in total. The molecule has 8 heteroatoms. The highest BCUT2D eigenvalue weighted by atomic mass is 32.2. The molecule has 4 rings (SSSR count). The van der Waals surface area contributed by atoms with Gasteiger partial charge in [-0.3, -0.25) is 0 Å². The van der Waals surface area contributed by atoms with E-state index in [2.05, 4.69) is 130 Å². The maximum atomic E-state index is 10.5. The molecule has 4 aromatic carbocycles. The lowest BCUT2D eigenvalue weighted by Crippen LogP contribution is -2.11. The summed E-state index contributed by atoms with van der Waals surface area (Å²) in [6, 6.07) is 32.8. The first-order valence-electron chi connectivity index (χ1n) is 13.0. The molecular formula is C32H39N3O3S2. The third-order valence-electron chi connectivity index (χ3n) is 6.39. The topological polar surface area (TPSA) is 66.9 Å². The van der Waals surface area contributed by atoms with E-state index >= 15 is 0 Å². The highest BCUT2D eigenvalue weighted by Gasteiger charge is 2.29. The Morgan fingerprint density at radius 1 is 0.550 bits per heavy atom.